The van der Waals surface area contributed by atoms with Gasteiger partial charge in [-0.15, -0.1) is 5.10 Å². The molecule has 1 fully saturated rings. The molecule has 3 rings (SSSR count). The van der Waals surface area contributed by atoms with Crippen LogP contribution < -0.4 is 0 Å². The van der Waals surface area contributed by atoms with E-state index in [-0.39, 0.29) is 23.6 Å². The van der Waals surface area contributed by atoms with E-state index in [1.807, 2.05) is 26.0 Å². The first-order chi connectivity index (χ1) is 11.8. The molecule has 0 radical (unpaired) electrons. The third-order valence-corrected chi connectivity index (χ3v) is 4.34. The van der Waals surface area contributed by atoms with E-state index >= 15 is 0 Å². The fourth-order valence-corrected chi connectivity index (χ4v) is 3.16. The predicted molar refractivity (Wildman–Crippen MR) is 89.7 cm³/mol. The number of hydrogen-bond donors (Lipinski definition) is 2. The van der Waals surface area contributed by atoms with Crippen molar-refractivity contribution in [2.75, 3.05) is 13.1 Å². The van der Waals surface area contributed by atoms with Gasteiger partial charge in [-0.2, -0.15) is 0 Å². The van der Waals surface area contributed by atoms with E-state index in [4.69, 9.17) is 0 Å². The molecule has 1 amide bonds. The van der Waals surface area contributed by atoms with Crippen LogP contribution >= 0.6 is 0 Å². The average molecular weight is 345 g/mol. The summed E-state index contributed by atoms with van der Waals surface area (Å²) >= 11 is 0. The number of β-amino-alcohol motifs (C(OH)–C–C–N with tert-alkyl or cyclic N) is 1. The molecule has 0 saturated carbocycles. The Bertz CT molecular complexity index is 731. The normalized spacial score (nSPS) is 23.3. The molecule has 1 saturated heterocycles. The number of likely N-dealkylation sites (tertiary alicyclic amines) is 1. The quantitative estimate of drug-likeness (QED) is 0.830. The summed E-state index contributed by atoms with van der Waals surface area (Å²) in [7, 11) is 0. The molecular formula is C17H23N5O3. The Morgan fingerprint density at radius 2 is 2.16 bits per heavy atom. The van der Waals surface area contributed by atoms with E-state index in [1.54, 1.807) is 28.2 Å². The van der Waals surface area contributed by atoms with Gasteiger partial charge in [-0.05, 0) is 23.5 Å². The standard InChI is InChI=1S/C17H23N5O3/c1-17(2)6-14(23)15(24)10-21(11-17)16(25)13-9-22(20-19-13)8-12-4-3-5-18-7-12/h3-5,7,9,14-15,23-24H,6,8,10-11H2,1-2H3/t14-,15+/m1/s1. The molecule has 2 aromatic heterocycles. The summed E-state index contributed by atoms with van der Waals surface area (Å²) in [5, 5.41) is 28.0. The lowest BCUT2D eigenvalue weighted by Crippen LogP contribution is -2.41. The SMILES string of the molecule is CC1(C)C[C@@H](O)[C@@H](O)CN(C(=O)c2cn(Cc3cccnc3)nn2)C1. The van der Waals surface area contributed by atoms with E-state index in [0.29, 0.717) is 19.5 Å². The molecule has 0 aliphatic carbocycles. The van der Waals surface area contributed by atoms with Crippen LogP contribution in [-0.2, 0) is 6.54 Å². The van der Waals surface area contributed by atoms with Crippen LogP contribution in [0, 0.1) is 5.41 Å². The van der Waals surface area contributed by atoms with E-state index in [0.717, 1.165) is 5.56 Å². The van der Waals surface area contributed by atoms with Gasteiger partial charge in [-0.25, -0.2) is 4.68 Å². The van der Waals surface area contributed by atoms with Gasteiger partial charge in [0, 0.05) is 25.5 Å². The van der Waals surface area contributed by atoms with Crippen molar-refractivity contribution >= 4 is 5.91 Å². The van der Waals surface area contributed by atoms with Crippen LogP contribution in [0.25, 0.3) is 0 Å². The van der Waals surface area contributed by atoms with Crippen LogP contribution in [0.4, 0.5) is 0 Å². The van der Waals surface area contributed by atoms with Crippen molar-refractivity contribution in [3.8, 4) is 0 Å². The molecule has 1 aliphatic heterocycles. The number of rotatable bonds is 3. The first-order valence-corrected chi connectivity index (χ1v) is 8.28. The van der Waals surface area contributed by atoms with E-state index in [9.17, 15) is 15.0 Å². The number of carbonyl (C=O) groups is 1. The summed E-state index contributed by atoms with van der Waals surface area (Å²) in [6.45, 7) is 4.93. The molecule has 8 nitrogen and oxygen atoms in total. The summed E-state index contributed by atoms with van der Waals surface area (Å²) in [4.78, 5) is 18.4. The zero-order valence-corrected chi connectivity index (χ0v) is 14.4. The molecule has 2 atom stereocenters. The Labute approximate surface area is 146 Å². The van der Waals surface area contributed by atoms with Gasteiger partial charge in [-0.1, -0.05) is 25.1 Å². The lowest BCUT2D eigenvalue weighted by atomic mass is 9.86. The number of nitrogens with zero attached hydrogens (tertiary/aromatic N) is 5. The predicted octanol–water partition coefficient (Wildman–Crippen LogP) is 0.315. The van der Waals surface area contributed by atoms with Crippen molar-refractivity contribution in [2.24, 2.45) is 5.41 Å². The fraction of sp³-hybridized carbons (Fsp3) is 0.529. The Kier molecular flexibility index (Phi) is 4.82. The molecule has 25 heavy (non-hydrogen) atoms. The Balaban J connectivity index is 1.74. The zero-order valence-electron chi connectivity index (χ0n) is 14.4. The van der Waals surface area contributed by atoms with E-state index < -0.39 is 12.2 Å². The Morgan fingerprint density at radius 3 is 2.88 bits per heavy atom. The van der Waals surface area contributed by atoms with E-state index in [2.05, 4.69) is 15.3 Å². The molecule has 8 heteroatoms. The second-order valence-electron chi connectivity index (χ2n) is 7.35. The molecule has 0 spiro atoms. The Hall–Kier alpha value is -2.32. The van der Waals surface area contributed by atoms with Gasteiger partial charge >= 0.3 is 0 Å². The summed E-state index contributed by atoms with van der Waals surface area (Å²) < 4.78 is 1.58. The lowest BCUT2D eigenvalue weighted by molar-refractivity contribution is 0.00362. The highest BCUT2D eigenvalue weighted by atomic mass is 16.3. The Morgan fingerprint density at radius 1 is 1.36 bits per heavy atom. The molecule has 0 aromatic carbocycles. The topological polar surface area (TPSA) is 104 Å². The highest BCUT2D eigenvalue weighted by Crippen LogP contribution is 2.29. The van der Waals surface area contributed by atoms with Crippen molar-refractivity contribution in [1.29, 1.82) is 0 Å². The first kappa shape index (κ1) is 17.5. The summed E-state index contributed by atoms with van der Waals surface area (Å²) in [5.74, 6) is -0.293. The number of aliphatic hydroxyl groups is 2. The van der Waals surface area contributed by atoms with Crippen LogP contribution in [0.3, 0.4) is 0 Å². The zero-order chi connectivity index (χ0) is 18.0. The van der Waals surface area contributed by atoms with Crippen LogP contribution in [0.15, 0.2) is 30.7 Å². The largest absolute Gasteiger partial charge is 0.390 e. The monoisotopic (exact) mass is 345 g/mol. The number of pyridine rings is 1. The summed E-state index contributed by atoms with van der Waals surface area (Å²) in [5.41, 5.74) is 0.891. The summed E-state index contributed by atoms with van der Waals surface area (Å²) in [6.07, 6.45) is 3.66. The third kappa shape index (κ3) is 4.21. The number of aliphatic hydroxyl groups excluding tert-OH is 2. The van der Waals surface area contributed by atoms with Gasteiger partial charge in [0.25, 0.3) is 5.91 Å². The minimum absolute atomic E-state index is 0.0822. The fourth-order valence-electron chi connectivity index (χ4n) is 3.16. The van der Waals surface area contributed by atoms with Crippen molar-refractivity contribution < 1.29 is 15.0 Å². The number of aromatic nitrogens is 4. The van der Waals surface area contributed by atoms with Crippen molar-refractivity contribution in [3.63, 3.8) is 0 Å². The van der Waals surface area contributed by atoms with Crippen LogP contribution in [0.5, 0.6) is 0 Å². The summed E-state index contributed by atoms with van der Waals surface area (Å²) in [6, 6.07) is 3.76. The van der Waals surface area contributed by atoms with Gasteiger partial charge in [0.05, 0.1) is 24.9 Å². The first-order valence-electron chi connectivity index (χ1n) is 8.28. The highest BCUT2D eigenvalue weighted by Gasteiger charge is 2.36. The van der Waals surface area contributed by atoms with Gasteiger partial charge in [0.1, 0.15) is 0 Å². The van der Waals surface area contributed by atoms with E-state index in [1.165, 1.54) is 0 Å². The van der Waals surface area contributed by atoms with Gasteiger partial charge in [0.15, 0.2) is 5.69 Å². The van der Waals surface area contributed by atoms with Crippen molar-refractivity contribution in [1.82, 2.24) is 24.9 Å². The average Bonchev–Trinajstić information content (AvgIpc) is 2.98. The molecule has 3 heterocycles. The minimum Gasteiger partial charge on any atom is -0.390 e. The molecule has 2 aromatic rings. The maximum absolute atomic E-state index is 12.8. The molecule has 2 N–H and O–H groups in total. The number of amides is 1. The second kappa shape index (κ2) is 6.89. The lowest BCUT2D eigenvalue weighted by Gasteiger charge is -2.29. The van der Waals surface area contributed by atoms with Gasteiger partial charge < -0.3 is 15.1 Å². The van der Waals surface area contributed by atoms with Crippen molar-refractivity contribution in [3.05, 3.63) is 42.0 Å². The smallest absolute Gasteiger partial charge is 0.276 e. The molecule has 134 valence electrons. The van der Waals surface area contributed by atoms with Gasteiger partial charge in [-0.3, -0.25) is 9.78 Å². The maximum atomic E-state index is 12.8. The highest BCUT2D eigenvalue weighted by molar-refractivity contribution is 5.92. The number of hydrogen-bond acceptors (Lipinski definition) is 6. The van der Waals surface area contributed by atoms with Crippen LogP contribution in [-0.4, -0.2) is 66.3 Å². The molecular weight excluding hydrogens is 322 g/mol. The van der Waals surface area contributed by atoms with Crippen molar-refractivity contribution in [2.45, 2.75) is 39.0 Å². The second-order valence-corrected chi connectivity index (χ2v) is 7.35. The third-order valence-electron chi connectivity index (χ3n) is 4.34. The molecule has 0 unspecified atom stereocenters. The maximum Gasteiger partial charge on any atom is 0.276 e. The van der Waals surface area contributed by atoms with Gasteiger partial charge in [0.2, 0.25) is 0 Å². The minimum atomic E-state index is -0.962. The van der Waals surface area contributed by atoms with Crippen LogP contribution in [0.1, 0.15) is 36.3 Å². The van der Waals surface area contributed by atoms with Crippen LogP contribution in [0.2, 0.25) is 0 Å². The number of carbonyl (C=O) groups excluding carboxylic acids is 1. The molecule has 1 aliphatic rings. The molecule has 0 bridgehead atoms.